The topological polar surface area (TPSA) is 179 Å². The fourth-order valence-corrected chi connectivity index (χ4v) is 11.0. The van der Waals surface area contributed by atoms with Gasteiger partial charge in [0.25, 0.3) is 0 Å². The molecule has 0 aromatic carbocycles. The van der Waals surface area contributed by atoms with Gasteiger partial charge in [-0.1, -0.05) is 44.6 Å². The Hall–Kier alpha value is -0.960. The second kappa shape index (κ2) is 10.8. The van der Waals surface area contributed by atoms with Crippen LogP contribution in [-0.2, 0) is 18.9 Å². The molecule has 7 aliphatic rings. The van der Waals surface area contributed by atoms with Crippen molar-refractivity contribution in [2.75, 3.05) is 13.2 Å². The van der Waals surface area contributed by atoms with Gasteiger partial charge >= 0.3 is 0 Å². The molecular formula is C33H50O11. The minimum absolute atomic E-state index is 0.0175. The van der Waals surface area contributed by atoms with Crippen LogP contribution in [0, 0.1) is 40.4 Å². The van der Waals surface area contributed by atoms with Crippen LogP contribution in [0.1, 0.15) is 59.3 Å². The zero-order valence-corrected chi connectivity index (χ0v) is 25.9. The average molecular weight is 623 g/mol. The smallest absolute Gasteiger partial charge is 0.187 e. The van der Waals surface area contributed by atoms with Crippen LogP contribution in [0.3, 0.4) is 0 Å². The number of hydrogen-bond donors (Lipinski definition) is 7. The third-order valence-electron chi connectivity index (χ3n) is 13.6. The van der Waals surface area contributed by atoms with Crippen molar-refractivity contribution in [3.63, 3.8) is 0 Å². The molecule has 3 saturated carbocycles. The molecule has 6 fully saturated rings. The number of ether oxygens (including phenoxy) is 4. The van der Waals surface area contributed by atoms with Gasteiger partial charge in [0, 0.05) is 29.1 Å². The molecule has 1 spiro atoms. The van der Waals surface area contributed by atoms with E-state index in [4.69, 9.17) is 18.9 Å². The summed E-state index contributed by atoms with van der Waals surface area (Å²) in [4.78, 5) is 0. The Morgan fingerprint density at radius 1 is 1.00 bits per heavy atom. The van der Waals surface area contributed by atoms with Crippen molar-refractivity contribution < 1.29 is 54.7 Å². The van der Waals surface area contributed by atoms with E-state index in [1.165, 1.54) is 0 Å². The summed E-state index contributed by atoms with van der Waals surface area (Å²) in [7, 11) is 0. The van der Waals surface area contributed by atoms with E-state index in [2.05, 4.69) is 26.5 Å². The van der Waals surface area contributed by atoms with Crippen molar-refractivity contribution in [3.8, 4) is 0 Å². The number of aliphatic hydroxyl groups excluding tert-OH is 7. The molecule has 11 nitrogen and oxygen atoms in total. The highest BCUT2D eigenvalue weighted by Gasteiger charge is 2.72. The molecule has 7 rings (SSSR count). The van der Waals surface area contributed by atoms with Gasteiger partial charge in [0.1, 0.15) is 30.5 Å². The van der Waals surface area contributed by atoms with Gasteiger partial charge < -0.3 is 54.7 Å². The van der Waals surface area contributed by atoms with E-state index in [1.54, 1.807) is 0 Å². The monoisotopic (exact) mass is 622 g/mol. The van der Waals surface area contributed by atoms with E-state index in [0.29, 0.717) is 13.0 Å². The fraction of sp³-hybridized carbons (Fsp3) is 0.879. The molecule has 3 heterocycles. The number of fused-ring (bicyclic) bond motifs is 7. The first-order valence-corrected chi connectivity index (χ1v) is 16.5. The lowest BCUT2D eigenvalue weighted by Crippen LogP contribution is -2.65. The van der Waals surface area contributed by atoms with Gasteiger partial charge in [0.05, 0.1) is 37.6 Å². The summed E-state index contributed by atoms with van der Waals surface area (Å²) in [5.41, 5.74) is 0.832. The summed E-state index contributed by atoms with van der Waals surface area (Å²) in [5, 5.41) is 75.6. The Balaban J connectivity index is 1.13. The van der Waals surface area contributed by atoms with Crippen LogP contribution in [0.4, 0.5) is 0 Å². The van der Waals surface area contributed by atoms with Crippen molar-refractivity contribution in [2.24, 2.45) is 40.4 Å². The first-order chi connectivity index (χ1) is 20.8. The number of aliphatic hydroxyl groups is 7. The van der Waals surface area contributed by atoms with Crippen LogP contribution in [-0.4, -0.2) is 116 Å². The normalized spacial score (nSPS) is 58.6. The van der Waals surface area contributed by atoms with Crippen LogP contribution in [0.2, 0.25) is 0 Å². The molecule has 7 N–H and O–H groups in total. The molecular weight excluding hydrogens is 572 g/mol. The van der Waals surface area contributed by atoms with Crippen LogP contribution in [0.25, 0.3) is 0 Å². The third-order valence-corrected chi connectivity index (χ3v) is 13.6. The minimum Gasteiger partial charge on any atom is -0.394 e. The number of hydrogen-bond acceptors (Lipinski definition) is 11. The minimum atomic E-state index is -1.61. The van der Waals surface area contributed by atoms with E-state index >= 15 is 0 Å². The van der Waals surface area contributed by atoms with Gasteiger partial charge in [-0.2, -0.15) is 0 Å². The molecule has 0 bridgehead atoms. The summed E-state index contributed by atoms with van der Waals surface area (Å²) in [6.45, 7) is 10.4. The standard InChI is InChI=1S/C33H50O11/c1-14-7-8-33(41-13-14)15(2)24-20(44-33)10-18-17-6-5-16-9-21(42-30-28(39)27(38)25(36)22(12-34)43-30)26(37)29(40)31(16,3)19(17)11-23(35)32(18,24)4/h5,15,17-30,34-40H,1,6-13H2,2-4H3/t15-,17-,18-,19-,20?,21+,22+,23+,24?,25-,26-,27-,28+,29+,30+,31-,32+,33+/m0/s1. The Morgan fingerprint density at radius 3 is 2.43 bits per heavy atom. The molecule has 0 amide bonds. The Morgan fingerprint density at radius 2 is 1.75 bits per heavy atom. The van der Waals surface area contributed by atoms with Crippen molar-refractivity contribution >= 4 is 0 Å². The summed E-state index contributed by atoms with van der Waals surface area (Å²) in [6, 6.07) is 0. The quantitative estimate of drug-likeness (QED) is 0.216. The lowest BCUT2D eigenvalue weighted by molar-refractivity contribution is -0.323. The number of rotatable bonds is 3. The Labute approximate surface area is 258 Å². The molecule has 18 atom stereocenters. The summed E-state index contributed by atoms with van der Waals surface area (Å²) < 4.78 is 24.6. The highest BCUT2D eigenvalue weighted by Crippen LogP contribution is 2.70. The van der Waals surface area contributed by atoms with Crippen molar-refractivity contribution in [1.29, 1.82) is 0 Å². The third kappa shape index (κ3) is 4.21. The van der Waals surface area contributed by atoms with E-state index in [1.807, 2.05) is 6.92 Å². The zero-order chi connectivity index (χ0) is 31.5. The van der Waals surface area contributed by atoms with E-state index in [0.717, 1.165) is 36.8 Å². The first kappa shape index (κ1) is 31.6. The highest BCUT2D eigenvalue weighted by molar-refractivity contribution is 5.30. The average Bonchev–Trinajstić information content (AvgIpc) is 3.45. The second-order valence-corrected chi connectivity index (χ2v) is 15.3. The molecule has 248 valence electrons. The predicted molar refractivity (Wildman–Crippen MR) is 154 cm³/mol. The number of allylic oxidation sites excluding steroid dienone is 1. The molecule has 2 unspecified atom stereocenters. The van der Waals surface area contributed by atoms with Crippen LogP contribution >= 0.6 is 0 Å². The molecule has 3 aliphatic heterocycles. The largest absolute Gasteiger partial charge is 0.394 e. The van der Waals surface area contributed by atoms with E-state index in [9.17, 15) is 35.7 Å². The van der Waals surface area contributed by atoms with Crippen LogP contribution < -0.4 is 0 Å². The Bertz CT molecular complexity index is 1160. The SMILES string of the molecule is C=C1CC[C@@]2(OC1)OC1C[C@H]3[C@@H]4CC=C5C[C@@H](O[C@@H]6O[C@H](CO)[C@H](O)[C@H](O)[C@H]6O)[C@H](O)[C@@H](O)[C@]5(C)[C@H]4C[C@@H](O)[C@]3(C)C1[C@@H]2C. The van der Waals surface area contributed by atoms with Gasteiger partial charge in [-0.15, -0.1) is 0 Å². The van der Waals surface area contributed by atoms with Crippen molar-refractivity contribution in [3.05, 3.63) is 23.8 Å². The maximum absolute atomic E-state index is 12.0. The summed E-state index contributed by atoms with van der Waals surface area (Å²) in [6.07, 6.45) is -5.26. The van der Waals surface area contributed by atoms with Crippen LogP contribution in [0.15, 0.2) is 23.8 Å². The van der Waals surface area contributed by atoms with Gasteiger partial charge in [0.15, 0.2) is 12.1 Å². The maximum Gasteiger partial charge on any atom is 0.187 e. The van der Waals surface area contributed by atoms with E-state index < -0.39 is 72.9 Å². The Kier molecular flexibility index (Phi) is 7.75. The second-order valence-electron chi connectivity index (χ2n) is 15.3. The molecule has 3 saturated heterocycles. The molecule has 0 aromatic rings. The van der Waals surface area contributed by atoms with Gasteiger partial charge in [-0.25, -0.2) is 0 Å². The molecule has 0 radical (unpaired) electrons. The molecule has 11 heteroatoms. The summed E-state index contributed by atoms with van der Waals surface area (Å²) in [5.74, 6) is -0.0868. The summed E-state index contributed by atoms with van der Waals surface area (Å²) >= 11 is 0. The maximum atomic E-state index is 12.0. The van der Waals surface area contributed by atoms with Gasteiger partial charge in [0.2, 0.25) is 0 Å². The first-order valence-electron chi connectivity index (χ1n) is 16.5. The van der Waals surface area contributed by atoms with Gasteiger partial charge in [-0.05, 0) is 49.9 Å². The predicted octanol–water partition coefficient (Wildman–Crippen LogP) is 0.371. The van der Waals surface area contributed by atoms with E-state index in [-0.39, 0.29) is 47.5 Å². The lowest BCUT2D eigenvalue weighted by atomic mass is 9.45. The molecule has 0 aromatic heterocycles. The fourth-order valence-electron chi connectivity index (χ4n) is 11.0. The van der Waals surface area contributed by atoms with Crippen molar-refractivity contribution in [2.45, 2.75) is 126 Å². The van der Waals surface area contributed by atoms with Crippen LogP contribution in [0.5, 0.6) is 0 Å². The highest BCUT2D eigenvalue weighted by atomic mass is 16.7. The lowest BCUT2D eigenvalue weighted by Gasteiger charge is -2.61. The van der Waals surface area contributed by atoms with Gasteiger partial charge in [-0.3, -0.25) is 0 Å². The zero-order valence-electron chi connectivity index (χ0n) is 25.9. The molecule has 44 heavy (non-hydrogen) atoms. The molecule has 4 aliphatic carbocycles. The van der Waals surface area contributed by atoms with Crippen molar-refractivity contribution in [1.82, 2.24) is 0 Å².